The number of nitrogens with zero attached hydrogens (tertiary/aromatic N) is 3. The maximum absolute atomic E-state index is 14.1. The lowest BCUT2D eigenvalue weighted by Gasteiger charge is -2.33. The summed E-state index contributed by atoms with van der Waals surface area (Å²) in [6.45, 7) is 6.47. The zero-order chi connectivity index (χ0) is 21.1. The molecule has 0 spiro atoms. The molecule has 8 heteroatoms. The molecule has 1 aromatic heterocycles. The van der Waals surface area contributed by atoms with Crippen molar-refractivity contribution in [3.05, 3.63) is 57.8 Å². The molecule has 0 radical (unpaired) electrons. The number of carbonyl (C=O) groups is 2. The molecular weight excluding hydrogens is 375 g/mol. The van der Waals surface area contributed by atoms with Crippen LogP contribution in [-0.2, 0) is 4.79 Å². The highest BCUT2D eigenvalue weighted by Gasteiger charge is 2.26. The minimum absolute atomic E-state index is 0.0604. The molecule has 0 unspecified atom stereocenters. The van der Waals surface area contributed by atoms with Gasteiger partial charge in [0.05, 0.1) is 0 Å². The van der Waals surface area contributed by atoms with Crippen LogP contribution >= 0.6 is 0 Å². The number of aromatic nitrogens is 2. The number of hydrogen-bond donors (Lipinski definition) is 1. The maximum atomic E-state index is 14.1. The van der Waals surface area contributed by atoms with Gasteiger partial charge in [0.15, 0.2) is 5.69 Å². The smallest absolute Gasteiger partial charge is 0.276 e. The first kappa shape index (κ1) is 20.7. The average Bonchev–Trinajstić information content (AvgIpc) is 2.68. The van der Waals surface area contributed by atoms with Crippen LogP contribution in [0, 0.1) is 18.7 Å². The lowest BCUT2D eigenvalue weighted by atomic mass is 10.0. The van der Waals surface area contributed by atoms with Crippen LogP contribution in [0.15, 0.2) is 35.1 Å². The van der Waals surface area contributed by atoms with Gasteiger partial charge in [-0.25, -0.2) is 9.07 Å². The standard InChI is InChI=1S/C21H25FN4O3/c1-13(2)21(29)25-10-8-15(9-11-25)23-20(28)19-18(27)12-14(3)26(24-19)17-7-5-4-6-16(17)22/h4-7,12-13,15H,8-11H2,1-3H3,(H,23,28). The number of nitrogens with one attached hydrogen (secondary N) is 1. The van der Waals surface area contributed by atoms with Crippen molar-refractivity contribution in [1.29, 1.82) is 0 Å². The first-order valence-corrected chi connectivity index (χ1v) is 9.73. The van der Waals surface area contributed by atoms with Crippen LogP contribution in [-0.4, -0.2) is 45.6 Å². The van der Waals surface area contributed by atoms with Crippen LogP contribution in [0.4, 0.5) is 4.39 Å². The molecule has 1 N–H and O–H groups in total. The van der Waals surface area contributed by atoms with Crippen LogP contribution in [0.3, 0.4) is 0 Å². The second-order valence-electron chi connectivity index (χ2n) is 7.59. The van der Waals surface area contributed by atoms with Crippen molar-refractivity contribution in [1.82, 2.24) is 20.0 Å². The SMILES string of the molecule is Cc1cc(=O)c(C(=O)NC2CCN(C(=O)C(C)C)CC2)nn1-c1ccccc1F. The number of hydrogen-bond acceptors (Lipinski definition) is 4. The summed E-state index contributed by atoms with van der Waals surface area (Å²) >= 11 is 0. The molecular formula is C21H25FN4O3. The predicted molar refractivity (Wildman–Crippen MR) is 106 cm³/mol. The minimum atomic E-state index is -0.589. The van der Waals surface area contributed by atoms with Crippen molar-refractivity contribution in [2.24, 2.45) is 5.92 Å². The second-order valence-corrected chi connectivity index (χ2v) is 7.59. The number of carbonyl (C=O) groups excluding carboxylic acids is 2. The van der Waals surface area contributed by atoms with Crippen molar-refractivity contribution in [2.45, 2.75) is 39.7 Å². The highest BCUT2D eigenvalue weighted by molar-refractivity contribution is 5.92. The molecule has 0 atom stereocenters. The molecule has 3 rings (SSSR count). The van der Waals surface area contributed by atoms with Gasteiger partial charge >= 0.3 is 0 Å². The third-order valence-electron chi connectivity index (χ3n) is 5.04. The molecule has 2 aromatic rings. The number of halogens is 1. The van der Waals surface area contributed by atoms with Crippen molar-refractivity contribution in [3.63, 3.8) is 0 Å². The number of rotatable bonds is 4. The van der Waals surface area contributed by atoms with E-state index >= 15 is 0 Å². The molecule has 0 aliphatic carbocycles. The van der Waals surface area contributed by atoms with E-state index in [9.17, 15) is 18.8 Å². The van der Waals surface area contributed by atoms with Gasteiger partial charge in [-0.2, -0.15) is 5.10 Å². The molecule has 2 heterocycles. The average molecular weight is 400 g/mol. The Hall–Kier alpha value is -3.03. The van der Waals surface area contributed by atoms with Gasteiger partial charge in [-0.15, -0.1) is 0 Å². The molecule has 1 fully saturated rings. The van der Waals surface area contributed by atoms with E-state index in [2.05, 4.69) is 10.4 Å². The Kier molecular flexibility index (Phi) is 6.10. The van der Waals surface area contributed by atoms with Crippen molar-refractivity contribution in [2.75, 3.05) is 13.1 Å². The summed E-state index contributed by atoms with van der Waals surface area (Å²) < 4.78 is 15.4. The van der Waals surface area contributed by atoms with E-state index in [0.717, 1.165) is 0 Å². The van der Waals surface area contributed by atoms with E-state index in [1.54, 1.807) is 24.0 Å². The number of benzene rings is 1. The van der Waals surface area contributed by atoms with Gasteiger partial charge < -0.3 is 10.2 Å². The van der Waals surface area contributed by atoms with E-state index < -0.39 is 17.2 Å². The lowest BCUT2D eigenvalue weighted by Crippen LogP contribution is -2.48. The second kappa shape index (κ2) is 8.55. The first-order chi connectivity index (χ1) is 13.8. The summed E-state index contributed by atoms with van der Waals surface area (Å²) in [5.74, 6) is -1.05. The van der Waals surface area contributed by atoms with Crippen molar-refractivity contribution < 1.29 is 14.0 Å². The number of piperidine rings is 1. The van der Waals surface area contributed by atoms with E-state index in [1.807, 2.05) is 13.8 Å². The topological polar surface area (TPSA) is 84.3 Å². The Morgan fingerprint density at radius 3 is 2.48 bits per heavy atom. The van der Waals surface area contributed by atoms with Gasteiger partial charge in [0.1, 0.15) is 11.5 Å². The van der Waals surface area contributed by atoms with Crippen LogP contribution in [0.5, 0.6) is 0 Å². The fourth-order valence-corrected chi connectivity index (χ4v) is 3.44. The van der Waals surface area contributed by atoms with Crippen LogP contribution in [0.1, 0.15) is 42.9 Å². The highest BCUT2D eigenvalue weighted by atomic mass is 19.1. The number of likely N-dealkylation sites (tertiary alicyclic amines) is 1. The molecule has 1 saturated heterocycles. The number of para-hydroxylation sites is 1. The van der Waals surface area contributed by atoms with Gasteiger partial charge in [-0.3, -0.25) is 14.4 Å². The third-order valence-corrected chi connectivity index (χ3v) is 5.04. The monoisotopic (exact) mass is 400 g/mol. The molecule has 0 bridgehead atoms. The van der Waals surface area contributed by atoms with Gasteiger partial charge in [0.2, 0.25) is 11.3 Å². The molecule has 1 aliphatic heterocycles. The molecule has 1 aliphatic rings. The van der Waals surface area contributed by atoms with Crippen molar-refractivity contribution in [3.8, 4) is 5.69 Å². The van der Waals surface area contributed by atoms with Crippen LogP contribution < -0.4 is 10.7 Å². The lowest BCUT2D eigenvalue weighted by molar-refractivity contribution is -0.135. The summed E-state index contributed by atoms with van der Waals surface area (Å²) in [6.07, 6.45) is 1.22. The summed E-state index contributed by atoms with van der Waals surface area (Å²) in [7, 11) is 0. The van der Waals surface area contributed by atoms with Gasteiger partial charge in [0, 0.05) is 36.8 Å². The van der Waals surface area contributed by atoms with Gasteiger partial charge in [0.25, 0.3) is 5.91 Å². The zero-order valence-corrected chi connectivity index (χ0v) is 16.8. The minimum Gasteiger partial charge on any atom is -0.348 e. The van der Waals surface area contributed by atoms with Gasteiger partial charge in [-0.05, 0) is 31.9 Å². The van der Waals surface area contributed by atoms with E-state index in [-0.39, 0.29) is 29.2 Å². The largest absolute Gasteiger partial charge is 0.348 e. The Morgan fingerprint density at radius 1 is 1.21 bits per heavy atom. The van der Waals surface area contributed by atoms with Crippen LogP contribution in [0.2, 0.25) is 0 Å². The molecule has 154 valence electrons. The normalized spacial score (nSPS) is 14.9. The Bertz CT molecular complexity index is 978. The molecule has 2 amide bonds. The summed E-state index contributed by atoms with van der Waals surface area (Å²) in [5, 5.41) is 6.95. The Balaban J connectivity index is 1.75. The van der Waals surface area contributed by atoms with E-state index in [0.29, 0.717) is 31.6 Å². The molecule has 1 aromatic carbocycles. The summed E-state index contributed by atoms with van der Waals surface area (Å²) in [5.41, 5.74) is -0.198. The molecule has 0 saturated carbocycles. The highest BCUT2D eigenvalue weighted by Crippen LogP contribution is 2.15. The van der Waals surface area contributed by atoms with Gasteiger partial charge in [-0.1, -0.05) is 26.0 Å². The van der Waals surface area contributed by atoms with Crippen molar-refractivity contribution >= 4 is 11.8 Å². The summed E-state index contributed by atoms with van der Waals surface area (Å²) in [6, 6.07) is 7.16. The Morgan fingerprint density at radius 2 is 1.86 bits per heavy atom. The third kappa shape index (κ3) is 4.52. The predicted octanol–water partition coefficient (Wildman–Crippen LogP) is 2.06. The fraction of sp³-hybridized carbons (Fsp3) is 0.429. The number of amides is 2. The first-order valence-electron chi connectivity index (χ1n) is 9.73. The molecule has 7 nitrogen and oxygen atoms in total. The van der Waals surface area contributed by atoms with E-state index in [1.165, 1.54) is 22.9 Å². The maximum Gasteiger partial charge on any atom is 0.276 e. The van der Waals surface area contributed by atoms with E-state index in [4.69, 9.17) is 0 Å². The fourth-order valence-electron chi connectivity index (χ4n) is 3.44. The number of aryl methyl sites for hydroxylation is 1. The quantitative estimate of drug-likeness (QED) is 0.851. The summed E-state index contributed by atoms with van der Waals surface area (Å²) in [4.78, 5) is 38.9. The van der Waals surface area contributed by atoms with Crippen LogP contribution in [0.25, 0.3) is 5.69 Å². The molecule has 29 heavy (non-hydrogen) atoms. The zero-order valence-electron chi connectivity index (χ0n) is 16.8. The Labute approximate surface area is 168 Å².